The first-order chi connectivity index (χ1) is 13.0. The number of nitrogens with zero attached hydrogens (tertiary/aromatic N) is 1. The molecule has 0 spiro atoms. The van der Waals surface area contributed by atoms with E-state index in [-0.39, 0.29) is 30.1 Å². The predicted octanol–water partition coefficient (Wildman–Crippen LogP) is 3.03. The summed E-state index contributed by atoms with van der Waals surface area (Å²) >= 11 is 0. The summed E-state index contributed by atoms with van der Waals surface area (Å²) < 4.78 is 17.4. The molecular formula is C21H23NO5. The topological polar surface area (TPSA) is 68.2 Å². The molecule has 2 aromatic rings. The molecule has 0 bridgehead atoms. The number of ether oxygens (including phenoxy) is 3. The number of carbonyl (C=O) groups is 1. The molecule has 2 aliphatic rings. The maximum absolute atomic E-state index is 12.7. The predicted molar refractivity (Wildman–Crippen MR) is 101 cm³/mol. The molecule has 6 heteroatoms. The van der Waals surface area contributed by atoms with Crippen LogP contribution in [0.15, 0.2) is 42.5 Å². The Kier molecular flexibility index (Phi) is 4.66. The van der Waals surface area contributed by atoms with Crippen LogP contribution >= 0.6 is 0 Å². The summed E-state index contributed by atoms with van der Waals surface area (Å²) in [7, 11) is 0. The third-order valence-electron chi connectivity index (χ3n) is 4.90. The minimum atomic E-state index is -0.796. The molecule has 0 amide bonds. The second-order valence-electron chi connectivity index (χ2n) is 7.19. The Morgan fingerprint density at radius 1 is 1.19 bits per heavy atom. The van der Waals surface area contributed by atoms with Crippen molar-refractivity contribution < 1.29 is 24.1 Å². The number of phenolic OH excluding ortho intramolecular Hbond substituents is 1. The molecule has 2 aromatic carbocycles. The zero-order valence-corrected chi connectivity index (χ0v) is 15.3. The lowest BCUT2D eigenvalue weighted by Gasteiger charge is -2.36. The molecule has 2 aliphatic heterocycles. The number of rotatable bonds is 4. The number of hydrogen-bond acceptors (Lipinski definition) is 6. The van der Waals surface area contributed by atoms with Crippen molar-refractivity contribution in [2.45, 2.75) is 18.9 Å². The van der Waals surface area contributed by atoms with Crippen molar-refractivity contribution in [1.29, 1.82) is 0 Å². The number of hydrogen-bond donors (Lipinski definition) is 1. The van der Waals surface area contributed by atoms with E-state index in [1.807, 2.05) is 43.3 Å². The van der Waals surface area contributed by atoms with Crippen molar-refractivity contribution >= 4 is 11.5 Å². The Morgan fingerprint density at radius 3 is 2.67 bits per heavy atom. The highest BCUT2D eigenvalue weighted by atomic mass is 16.5. The largest absolute Gasteiger partial charge is 0.507 e. The molecule has 4 rings (SSSR count). The Labute approximate surface area is 158 Å². The van der Waals surface area contributed by atoms with Gasteiger partial charge in [-0.2, -0.15) is 0 Å². The first-order valence-corrected chi connectivity index (χ1v) is 9.14. The number of anilines is 1. The van der Waals surface area contributed by atoms with Crippen LogP contribution in [0.25, 0.3) is 0 Å². The Balaban J connectivity index is 1.57. The fraction of sp³-hybridized carbons (Fsp3) is 0.381. The molecule has 1 saturated heterocycles. The van der Waals surface area contributed by atoms with Crippen molar-refractivity contribution in [2.24, 2.45) is 0 Å². The van der Waals surface area contributed by atoms with Crippen molar-refractivity contribution in [3.05, 3.63) is 48.0 Å². The zero-order chi connectivity index (χ0) is 18.9. The standard InChI is InChI=1S/C21H23NO5/c1-21(14-26-16-5-3-2-4-6-16)13-18(24)20-17(23)11-15(12-19(20)27-21)22-7-9-25-10-8-22/h2-6,11-12,23H,7-10,13-14H2,1H3. The molecule has 142 valence electrons. The molecule has 0 aromatic heterocycles. The van der Waals surface area contributed by atoms with Crippen LogP contribution in [-0.2, 0) is 4.74 Å². The maximum Gasteiger partial charge on any atom is 0.174 e. The van der Waals surface area contributed by atoms with Gasteiger partial charge in [-0.15, -0.1) is 0 Å². The van der Waals surface area contributed by atoms with Crippen molar-refractivity contribution in [3.8, 4) is 17.2 Å². The molecule has 1 atom stereocenters. The lowest BCUT2D eigenvalue weighted by Crippen LogP contribution is -2.44. The summed E-state index contributed by atoms with van der Waals surface area (Å²) in [6.07, 6.45) is 0.150. The second-order valence-corrected chi connectivity index (χ2v) is 7.19. The number of ketones is 1. The molecule has 0 radical (unpaired) electrons. The van der Waals surface area contributed by atoms with Crippen LogP contribution in [0.3, 0.4) is 0 Å². The lowest BCUT2D eigenvalue weighted by atomic mass is 9.91. The zero-order valence-electron chi connectivity index (χ0n) is 15.3. The van der Waals surface area contributed by atoms with Crippen molar-refractivity contribution in [1.82, 2.24) is 0 Å². The van der Waals surface area contributed by atoms with Gasteiger partial charge in [0.15, 0.2) is 5.78 Å². The number of morpholine rings is 1. The monoisotopic (exact) mass is 369 g/mol. The second kappa shape index (κ2) is 7.12. The van der Waals surface area contributed by atoms with E-state index in [1.165, 1.54) is 0 Å². The first kappa shape index (κ1) is 17.7. The average Bonchev–Trinajstić information content (AvgIpc) is 2.67. The van der Waals surface area contributed by atoms with Crippen LogP contribution in [0, 0.1) is 0 Å². The van der Waals surface area contributed by atoms with Crippen LogP contribution in [0.4, 0.5) is 5.69 Å². The summed E-state index contributed by atoms with van der Waals surface area (Å²) in [5.41, 5.74) is 0.287. The van der Waals surface area contributed by atoms with Gasteiger partial charge in [-0.25, -0.2) is 0 Å². The van der Waals surface area contributed by atoms with E-state index in [0.717, 1.165) is 24.5 Å². The number of benzene rings is 2. The number of fused-ring (bicyclic) bond motifs is 1. The summed E-state index contributed by atoms with van der Waals surface area (Å²) in [5.74, 6) is 0.962. The van der Waals surface area contributed by atoms with Crippen LogP contribution < -0.4 is 14.4 Å². The summed E-state index contributed by atoms with van der Waals surface area (Å²) in [5, 5.41) is 10.4. The molecule has 0 saturated carbocycles. The normalized spacial score (nSPS) is 22.1. The fourth-order valence-electron chi connectivity index (χ4n) is 3.51. The van der Waals surface area contributed by atoms with Gasteiger partial charge in [-0.1, -0.05) is 18.2 Å². The summed E-state index contributed by atoms with van der Waals surface area (Å²) in [6, 6.07) is 12.9. The maximum atomic E-state index is 12.7. The minimum Gasteiger partial charge on any atom is -0.507 e. The lowest BCUT2D eigenvalue weighted by molar-refractivity contribution is 0.0186. The van der Waals surface area contributed by atoms with Gasteiger partial charge >= 0.3 is 0 Å². The van der Waals surface area contributed by atoms with Gasteiger partial charge in [0, 0.05) is 30.9 Å². The van der Waals surface area contributed by atoms with E-state index in [0.29, 0.717) is 19.0 Å². The van der Waals surface area contributed by atoms with Crippen molar-refractivity contribution in [3.63, 3.8) is 0 Å². The van der Waals surface area contributed by atoms with E-state index in [4.69, 9.17) is 14.2 Å². The van der Waals surface area contributed by atoms with Gasteiger partial charge in [0.1, 0.15) is 35.0 Å². The minimum absolute atomic E-state index is 0.0370. The molecule has 1 fully saturated rings. The van der Waals surface area contributed by atoms with Gasteiger partial charge in [-0.05, 0) is 19.1 Å². The summed E-state index contributed by atoms with van der Waals surface area (Å²) in [6.45, 7) is 4.85. The molecule has 6 nitrogen and oxygen atoms in total. The highest BCUT2D eigenvalue weighted by Gasteiger charge is 2.39. The van der Waals surface area contributed by atoms with E-state index in [1.54, 1.807) is 6.07 Å². The highest BCUT2D eigenvalue weighted by Crippen LogP contribution is 2.41. The Hall–Kier alpha value is -2.73. The molecule has 2 heterocycles. The van der Waals surface area contributed by atoms with Gasteiger partial charge in [0.05, 0.1) is 19.6 Å². The van der Waals surface area contributed by atoms with Crippen molar-refractivity contribution in [2.75, 3.05) is 37.8 Å². The molecule has 1 unspecified atom stereocenters. The first-order valence-electron chi connectivity index (χ1n) is 9.14. The van der Waals surface area contributed by atoms with E-state index in [2.05, 4.69) is 4.90 Å². The van der Waals surface area contributed by atoms with Crippen LogP contribution in [-0.4, -0.2) is 49.4 Å². The SMILES string of the molecule is CC1(COc2ccccc2)CC(=O)c2c(O)cc(N3CCOCC3)cc2O1. The number of para-hydroxylation sites is 1. The Morgan fingerprint density at radius 2 is 1.93 bits per heavy atom. The number of phenols is 1. The highest BCUT2D eigenvalue weighted by molar-refractivity contribution is 6.03. The number of carbonyl (C=O) groups excluding carboxylic acids is 1. The molecule has 27 heavy (non-hydrogen) atoms. The van der Waals surface area contributed by atoms with Gasteiger partial charge < -0.3 is 24.2 Å². The van der Waals surface area contributed by atoms with Gasteiger partial charge in [-0.3, -0.25) is 4.79 Å². The van der Waals surface area contributed by atoms with Crippen LogP contribution in [0.5, 0.6) is 17.2 Å². The average molecular weight is 369 g/mol. The Bertz CT molecular complexity index is 832. The molecule has 1 N–H and O–H groups in total. The van der Waals surface area contributed by atoms with Gasteiger partial charge in [0.2, 0.25) is 0 Å². The van der Waals surface area contributed by atoms with E-state index in [9.17, 15) is 9.90 Å². The van der Waals surface area contributed by atoms with Crippen LogP contribution in [0.1, 0.15) is 23.7 Å². The third kappa shape index (κ3) is 3.71. The fourth-order valence-corrected chi connectivity index (χ4v) is 3.51. The summed E-state index contributed by atoms with van der Waals surface area (Å²) in [4.78, 5) is 14.8. The van der Waals surface area contributed by atoms with E-state index < -0.39 is 5.60 Å². The smallest absolute Gasteiger partial charge is 0.174 e. The molecule has 0 aliphatic carbocycles. The quantitative estimate of drug-likeness (QED) is 0.894. The third-order valence-corrected chi connectivity index (χ3v) is 4.90. The molecular weight excluding hydrogens is 346 g/mol. The van der Waals surface area contributed by atoms with Gasteiger partial charge in [0.25, 0.3) is 0 Å². The number of aromatic hydroxyl groups is 1. The van der Waals surface area contributed by atoms with Crippen LogP contribution in [0.2, 0.25) is 0 Å². The van der Waals surface area contributed by atoms with E-state index >= 15 is 0 Å². The number of Topliss-reactive ketones (excluding diaryl/α,β-unsaturated/α-hetero) is 1.